The van der Waals surface area contributed by atoms with Gasteiger partial charge in [-0.3, -0.25) is 4.99 Å². The number of benzene rings is 4. The molecule has 0 bridgehead atoms. The van der Waals surface area contributed by atoms with Crippen molar-refractivity contribution in [2.24, 2.45) is 10.9 Å². The number of aliphatic imine (C=N–C) groups is 1. The topological polar surface area (TPSA) is 42.8 Å². The summed E-state index contributed by atoms with van der Waals surface area (Å²) in [5.41, 5.74) is 6.97. The first-order valence-corrected chi connectivity index (χ1v) is 13.4. The van der Waals surface area contributed by atoms with Crippen LogP contribution in [0.2, 0.25) is 0 Å². The van der Waals surface area contributed by atoms with Crippen molar-refractivity contribution in [1.82, 2.24) is 0 Å². The molecule has 6 rings (SSSR count). The number of rotatable bonds is 8. The molecule has 1 heterocycles. The van der Waals surface area contributed by atoms with E-state index in [0.717, 1.165) is 34.7 Å². The fraction of sp³-hybridized carbons (Fsp3) is 0.206. The molecule has 0 spiro atoms. The van der Waals surface area contributed by atoms with Gasteiger partial charge in [0.05, 0.1) is 18.3 Å². The molecule has 0 unspecified atom stereocenters. The van der Waals surface area contributed by atoms with Gasteiger partial charge in [0.25, 0.3) is 0 Å². The lowest BCUT2D eigenvalue weighted by Crippen LogP contribution is -2.28. The summed E-state index contributed by atoms with van der Waals surface area (Å²) in [6.07, 6.45) is 7.69. The standard InChI is InChI=1S/C34H32N2O2/c1-2-37-33-21-25(15-20-32(33)38-23-24-9-4-3-5-10-24)22-35-27-18-16-26(17-19-27)34-30-13-8-12-28(30)29-11-6-7-14-31(29)36-34/h3-12,14-22,28,30,34,36H,2,13,23H2,1H3/t28-,30+,34-/m0/s1. The summed E-state index contributed by atoms with van der Waals surface area (Å²) in [6, 6.07) is 33.7. The molecule has 0 amide bonds. The zero-order chi connectivity index (χ0) is 25.7. The Labute approximate surface area is 224 Å². The van der Waals surface area contributed by atoms with E-state index in [4.69, 9.17) is 14.5 Å². The highest BCUT2D eigenvalue weighted by molar-refractivity contribution is 5.83. The maximum Gasteiger partial charge on any atom is 0.161 e. The predicted molar refractivity (Wildman–Crippen MR) is 155 cm³/mol. The molecule has 2 aliphatic rings. The maximum absolute atomic E-state index is 6.04. The molecule has 4 aromatic carbocycles. The molecule has 3 atom stereocenters. The van der Waals surface area contributed by atoms with E-state index < -0.39 is 0 Å². The zero-order valence-corrected chi connectivity index (χ0v) is 21.6. The summed E-state index contributed by atoms with van der Waals surface area (Å²) in [5, 5.41) is 3.80. The lowest BCUT2D eigenvalue weighted by atomic mass is 9.77. The van der Waals surface area contributed by atoms with Crippen molar-refractivity contribution in [2.45, 2.75) is 31.9 Å². The second kappa shape index (κ2) is 11.0. The van der Waals surface area contributed by atoms with Crippen LogP contribution in [0.1, 0.15) is 47.6 Å². The number of fused-ring (bicyclic) bond motifs is 3. The van der Waals surface area contributed by atoms with Crippen LogP contribution in [0.25, 0.3) is 0 Å². The first-order valence-electron chi connectivity index (χ1n) is 13.4. The summed E-state index contributed by atoms with van der Waals surface area (Å²) < 4.78 is 11.9. The Morgan fingerprint density at radius 2 is 1.68 bits per heavy atom. The second-order valence-electron chi connectivity index (χ2n) is 9.83. The van der Waals surface area contributed by atoms with E-state index in [-0.39, 0.29) is 0 Å². The van der Waals surface area contributed by atoms with Crippen LogP contribution < -0.4 is 14.8 Å². The molecule has 38 heavy (non-hydrogen) atoms. The van der Waals surface area contributed by atoms with Crippen molar-refractivity contribution < 1.29 is 9.47 Å². The van der Waals surface area contributed by atoms with Gasteiger partial charge in [-0.25, -0.2) is 0 Å². The molecule has 1 aliphatic heterocycles. The average Bonchev–Trinajstić information content (AvgIpc) is 3.47. The highest BCUT2D eigenvalue weighted by atomic mass is 16.5. The number of hydrogen-bond acceptors (Lipinski definition) is 4. The van der Waals surface area contributed by atoms with Crippen molar-refractivity contribution in [3.8, 4) is 11.5 Å². The minimum atomic E-state index is 0.292. The molecule has 0 radical (unpaired) electrons. The van der Waals surface area contributed by atoms with E-state index in [0.29, 0.717) is 31.1 Å². The van der Waals surface area contributed by atoms with Crippen LogP contribution in [0, 0.1) is 5.92 Å². The van der Waals surface area contributed by atoms with E-state index in [9.17, 15) is 0 Å². The summed E-state index contributed by atoms with van der Waals surface area (Å²) in [6.45, 7) is 3.05. The van der Waals surface area contributed by atoms with Gasteiger partial charge in [-0.05, 0) is 77.9 Å². The van der Waals surface area contributed by atoms with E-state index in [1.54, 1.807) is 0 Å². The fourth-order valence-electron chi connectivity index (χ4n) is 5.52. The molecule has 0 saturated carbocycles. The molecule has 190 valence electrons. The van der Waals surface area contributed by atoms with Crippen LogP contribution in [0.15, 0.2) is 114 Å². The third-order valence-electron chi connectivity index (χ3n) is 7.39. The summed E-state index contributed by atoms with van der Waals surface area (Å²) in [7, 11) is 0. The van der Waals surface area contributed by atoms with Gasteiger partial charge >= 0.3 is 0 Å². The van der Waals surface area contributed by atoms with Crippen LogP contribution >= 0.6 is 0 Å². The minimum Gasteiger partial charge on any atom is -0.490 e. The molecule has 1 aliphatic carbocycles. The lowest BCUT2D eigenvalue weighted by molar-refractivity contribution is 0.269. The number of allylic oxidation sites excluding steroid dienone is 2. The quantitative estimate of drug-likeness (QED) is 0.196. The molecule has 0 aromatic heterocycles. The smallest absolute Gasteiger partial charge is 0.161 e. The molecule has 1 N–H and O–H groups in total. The number of nitrogens with zero attached hydrogens (tertiary/aromatic N) is 1. The van der Waals surface area contributed by atoms with Gasteiger partial charge in [0, 0.05) is 17.8 Å². The van der Waals surface area contributed by atoms with Gasteiger partial charge in [-0.1, -0.05) is 72.8 Å². The molecule has 4 heteroatoms. The van der Waals surface area contributed by atoms with Crippen LogP contribution in [0.3, 0.4) is 0 Å². The Kier molecular flexibility index (Phi) is 6.95. The highest BCUT2D eigenvalue weighted by Gasteiger charge is 2.37. The lowest BCUT2D eigenvalue weighted by Gasteiger charge is -2.37. The minimum absolute atomic E-state index is 0.292. The number of nitrogens with one attached hydrogen (secondary N) is 1. The van der Waals surface area contributed by atoms with Crippen LogP contribution in [0.5, 0.6) is 11.5 Å². The Balaban J connectivity index is 1.15. The van der Waals surface area contributed by atoms with Gasteiger partial charge < -0.3 is 14.8 Å². The monoisotopic (exact) mass is 500 g/mol. The van der Waals surface area contributed by atoms with Gasteiger partial charge in [0.2, 0.25) is 0 Å². The molecule has 0 fully saturated rings. The van der Waals surface area contributed by atoms with Crippen molar-refractivity contribution in [3.63, 3.8) is 0 Å². The normalized spacial score (nSPS) is 19.6. The Bertz CT molecular complexity index is 1440. The average molecular weight is 501 g/mol. The van der Waals surface area contributed by atoms with Crippen LogP contribution in [0.4, 0.5) is 11.4 Å². The molecular formula is C34H32N2O2. The third-order valence-corrected chi connectivity index (χ3v) is 7.39. The Morgan fingerprint density at radius 1 is 0.868 bits per heavy atom. The van der Waals surface area contributed by atoms with Crippen molar-refractivity contribution in [2.75, 3.05) is 11.9 Å². The van der Waals surface area contributed by atoms with Gasteiger partial charge in [-0.15, -0.1) is 0 Å². The SMILES string of the molecule is CCOc1cc(C=Nc2ccc([C@@H]3Nc4ccccc4[C@@H]4C=CC[C@H]43)cc2)ccc1OCc1ccccc1. The van der Waals surface area contributed by atoms with Crippen molar-refractivity contribution in [3.05, 3.63) is 131 Å². The molecular weight excluding hydrogens is 468 g/mol. The van der Waals surface area contributed by atoms with Gasteiger partial charge in [0.1, 0.15) is 6.61 Å². The zero-order valence-electron chi connectivity index (χ0n) is 21.6. The van der Waals surface area contributed by atoms with Crippen molar-refractivity contribution >= 4 is 17.6 Å². The summed E-state index contributed by atoms with van der Waals surface area (Å²) in [5.74, 6) is 2.48. The molecule has 0 saturated heterocycles. The van der Waals surface area contributed by atoms with E-state index >= 15 is 0 Å². The van der Waals surface area contributed by atoms with E-state index in [1.165, 1.54) is 16.8 Å². The summed E-state index contributed by atoms with van der Waals surface area (Å²) >= 11 is 0. The number of ether oxygens (including phenoxy) is 2. The fourth-order valence-corrected chi connectivity index (χ4v) is 5.52. The van der Waals surface area contributed by atoms with Gasteiger partial charge in [0.15, 0.2) is 11.5 Å². The predicted octanol–water partition coefficient (Wildman–Crippen LogP) is 8.24. The first kappa shape index (κ1) is 24.1. The molecule has 4 nitrogen and oxygen atoms in total. The number of anilines is 1. The van der Waals surface area contributed by atoms with Gasteiger partial charge in [-0.2, -0.15) is 0 Å². The third kappa shape index (κ3) is 5.08. The number of hydrogen-bond donors (Lipinski definition) is 1. The largest absolute Gasteiger partial charge is 0.490 e. The first-order chi connectivity index (χ1) is 18.8. The Morgan fingerprint density at radius 3 is 2.53 bits per heavy atom. The van der Waals surface area contributed by atoms with Crippen molar-refractivity contribution in [1.29, 1.82) is 0 Å². The molecule has 4 aromatic rings. The van der Waals surface area contributed by atoms with E-state index in [2.05, 4.69) is 78.1 Å². The number of para-hydroxylation sites is 1. The van der Waals surface area contributed by atoms with Crippen LogP contribution in [-0.4, -0.2) is 12.8 Å². The maximum atomic E-state index is 6.04. The van der Waals surface area contributed by atoms with Crippen LogP contribution in [-0.2, 0) is 6.61 Å². The Hall–Kier alpha value is -4.31. The highest BCUT2D eigenvalue weighted by Crippen LogP contribution is 2.49. The van der Waals surface area contributed by atoms with E-state index in [1.807, 2.05) is 49.5 Å². The second-order valence-corrected chi connectivity index (χ2v) is 9.83. The summed E-state index contributed by atoms with van der Waals surface area (Å²) in [4.78, 5) is 4.74.